The van der Waals surface area contributed by atoms with E-state index >= 15 is 0 Å². The molecule has 19 heavy (non-hydrogen) atoms. The Morgan fingerprint density at radius 3 is 2.68 bits per heavy atom. The number of aliphatic hydroxyl groups is 1. The molecule has 2 unspecified atom stereocenters. The van der Waals surface area contributed by atoms with Crippen LogP contribution in [0.1, 0.15) is 31.2 Å². The van der Waals surface area contributed by atoms with Crippen molar-refractivity contribution in [2.45, 2.75) is 32.2 Å². The van der Waals surface area contributed by atoms with Crippen LogP contribution < -0.4 is 11.2 Å². The monoisotopic (exact) mass is 263 g/mol. The van der Waals surface area contributed by atoms with E-state index in [0.29, 0.717) is 6.54 Å². The largest absolute Gasteiger partial charge is 0.396 e. The maximum absolute atomic E-state index is 11.7. The molecule has 2 N–H and O–H groups in total. The molecule has 1 fully saturated rings. The van der Waals surface area contributed by atoms with Crippen molar-refractivity contribution in [2.75, 3.05) is 6.61 Å². The summed E-state index contributed by atoms with van der Waals surface area (Å²) in [5.74, 6) is 0.409. The Hall–Kier alpha value is -1.87. The highest BCUT2D eigenvalue weighted by Gasteiger charge is 2.25. The Bertz CT molecular complexity index is 596. The van der Waals surface area contributed by atoms with E-state index < -0.39 is 11.2 Å². The van der Waals surface area contributed by atoms with E-state index in [9.17, 15) is 14.7 Å². The van der Waals surface area contributed by atoms with Crippen molar-refractivity contribution in [1.29, 1.82) is 5.26 Å². The van der Waals surface area contributed by atoms with Crippen molar-refractivity contribution in [3.05, 3.63) is 32.6 Å². The summed E-state index contributed by atoms with van der Waals surface area (Å²) in [6.45, 7) is 0.559. The smallest absolute Gasteiger partial charge is 0.328 e. The third-order valence-electron chi connectivity index (χ3n) is 3.86. The molecule has 6 heteroatoms. The predicted octanol–water partition coefficient (Wildman–Crippen LogP) is 0.207. The number of rotatable bonds is 3. The van der Waals surface area contributed by atoms with Gasteiger partial charge < -0.3 is 5.11 Å². The number of aromatic nitrogens is 2. The Balaban J connectivity index is 2.25. The third-order valence-corrected chi connectivity index (χ3v) is 3.86. The minimum Gasteiger partial charge on any atom is -0.396 e. The predicted molar refractivity (Wildman–Crippen MR) is 68.6 cm³/mol. The highest BCUT2D eigenvalue weighted by molar-refractivity contribution is 5.21. The van der Waals surface area contributed by atoms with Gasteiger partial charge in [-0.2, -0.15) is 5.26 Å². The lowest BCUT2D eigenvalue weighted by atomic mass is 9.79. The van der Waals surface area contributed by atoms with Crippen LogP contribution in [0, 0.1) is 23.2 Å². The van der Waals surface area contributed by atoms with Gasteiger partial charge in [0, 0.05) is 19.3 Å². The lowest BCUT2D eigenvalue weighted by molar-refractivity contribution is 0.122. The molecule has 1 heterocycles. The second-order valence-corrected chi connectivity index (χ2v) is 5.05. The fourth-order valence-electron chi connectivity index (χ4n) is 2.74. The molecule has 1 aliphatic carbocycles. The molecule has 1 aromatic heterocycles. The molecule has 0 saturated heterocycles. The summed E-state index contributed by atoms with van der Waals surface area (Å²) in [7, 11) is 0. The zero-order valence-electron chi connectivity index (χ0n) is 10.6. The maximum Gasteiger partial charge on any atom is 0.328 e. The van der Waals surface area contributed by atoms with Crippen LogP contribution in [0.5, 0.6) is 0 Å². The van der Waals surface area contributed by atoms with Crippen molar-refractivity contribution in [2.24, 2.45) is 11.8 Å². The molecule has 0 bridgehead atoms. The number of aromatic amines is 1. The summed E-state index contributed by atoms with van der Waals surface area (Å²) in [5, 5.41) is 18.2. The summed E-state index contributed by atoms with van der Waals surface area (Å²) >= 11 is 0. The topological polar surface area (TPSA) is 98.9 Å². The van der Waals surface area contributed by atoms with Crippen LogP contribution >= 0.6 is 0 Å². The summed E-state index contributed by atoms with van der Waals surface area (Å²) in [6, 6.07) is 1.77. The zero-order chi connectivity index (χ0) is 13.8. The van der Waals surface area contributed by atoms with Crippen molar-refractivity contribution >= 4 is 0 Å². The van der Waals surface area contributed by atoms with Crippen molar-refractivity contribution in [1.82, 2.24) is 9.55 Å². The van der Waals surface area contributed by atoms with Crippen LogP contribution in [0.25, 0.3) is 0 Å². The summed E-state index contributed by atoms with van der Waals surface area (Å²) in [5.41, 5.74) is -1.20. The maximum atomic E-state index is 11.7. The Morgan fingerprint density at radius 2 is 2.05 bits per heavy atom. The Morgan fingerprint density at radius 1 is 1.37 bits per heavy atom. The fraction of sp³-hybridized carbons (Fsp3) is 0.615. The second-order valence-electron chi connectivity index (χ2n) is 5.05. The molecule has 1 aromatic rings. The first-order chi connectivity index (χ1) is 9.15. The minimum atomic E-state index is -0.647. The fourth-order valence-corrected chi connectivity index (χ4v) is 2.74. The first kappa shape index (κ1) is 13.6. The number of hydrogen-bond acceptors (Lipinski definition) is 4. The number of hydrogen-bond donors (Lipinski definition) is 2. The van der Waals surface area contributed by atoms with Crippen LogP contribution in [-0.2, 0) is 6.54 Å². The molecule has 0 spiro atoms. The molecular weight excluding hydrogens is 246 g/mol. The van der Waals surface area contributed by atoms with Gasteiger partial charge in [0.05, 0.1) is 0 Å². The Labute approximate surface area is 110 Å². The van der Waals surface area contributed by atoms with E-state index in [0.717, 1.165) is 25.7 Å². The molecule has 1 aliphatic rings. The van der Waals surface area contributed by atoms with E-state index in [2.05, 4.69) is 4.98 Å². The molecular formula is C13H17N3O3. The highest BCUT2D eigenvalue weighted by Crippen LogP contribution is 2.30. The van der Waals surface area contributed by atoms with Crippen molar-refractivity contribution < 1.29 is 5.11 Å². The van der Waals surface area contributed by atoms with Crippen LogP contribution in [0.2, 0.25) is 0 Å². The van der Waals surface area contributed by atoms with E-state index in [4.69, 9.17) is 5.26 Å². The molecule has 0 aliphatic heterocycles. The first-order valence-electron chi connectivity index (χ1n) is 6.50. The van der Waals surface area contributed by atoms with Crippen LogP contribution in [0.15, 0.2) is 15.8 Å². The quantitative estimate of drug-likeness (QED) is 0.814. The van der Waals surface area contributed by atoms with Crippen LogP contribution in [0.3, 0.4) is 0 Å². The average molecular weight is 263 g/mol. The van der Waals surface area contributed by atoms with Crippen LogP contribution in [-0.4, -0.2) is 21.3 Å². The van der Waals surface area contributed by atoms with E-state index in [-0.39, 0.29) is 24.0 Å². The molecule has 0 aromatic carbocycles. The lowest BCUT2D eigenvalue weighted by Crippen LogP contribution is -2.35. The van der Waals surface area contributed by atoms with E-state index in [1.165, 1.54) is 10.8 Å². The number of aliphatic hydroxyl groups excluding tert-OH is 1. The van der Waals surface area contributed by atoms with Crippen molar-refractivity contribution in [3.63, 3.8) is 0 Å². The number of H-pyrrole nitrogens is 1. The van der Waals surface area contributed by atoms with Gasteiger partial charge in [-0.1, -0.05) is 12.8 Å². The molecule has 0 radical (unpaired) electrons. The molecule has 1 saturated carbocycles. The van der Waals surface area contributed by atoms with Gasteiger partial charge in [0.1, 0.15) is 11.6 Å². The summed E-state index contributed by atoms with van der Waals surface area (Å²) < 4.78 is 1.37. The van der Waals surface area contributed by atoms with Gasteiger partial charge in [0.15, 0.2) is 0 Å². The summed E-state index contributed by atoms with van der Waals surface area (Å²) in [6.07, 6.45) is 5.42. The Kier molecular flexibility index (Phi) is 4.17. The van der Waals surface area contributed by atoms with Gasteiger partial charge >= 0.3 is 5.69 Å². The standard InChI is InChI=1S/C13H17N3O3/c14-5-11-7-16(13(19)15-12(11)18)6-9-3-1-2-4-10(9)8-17/h7,9-10,17H,1-4,6,8H2,(H,15,18,19). The van der Waals surface area contributed by atoms with Gasteiger partial charge in [0.2, 0.25) is 0 Å². The number of nitriles is 1. The normalized spacial score (nSPS) is 22.9. The minimum absolute atomic E-state index is 0.0593. The molecule has 2 atom stereocenters. The SMILES string of the molecule is N#Cc1cn(CC2CCCCC2CO)c(=O)[nH]c1=O. The van der Waals surface area contributed by atoms with E-state index in [1.807, 2.05) is 0 Å². The highest BCUT2D eigenvalue weighted by atomic mass is 16.3. The van der Waals surface area contributed by atoms with Gasteiger partial charge in [-0.3, -0.25) is 14.3 Å². The van der Waals surface area contributed by atoms with Gasteiger partial charge in [-0.05, 0) is 24.7 Å². The number of nitrogens with one attached hydrogen (secondary N) is 1. The van der Waals surface area contributed by atoms with Crippen LogP contribution in [0.4, 0.5) is 0 Å². The molecule has 102 valence electrons. The lowest BCUT2D eigenvalue weighted by Gasteiger charge is -2.30. The molecule has 6 nitrogen and oxygen atoms in total. The van der Waals surface area contributed by atoms with Crippen molar-refractivity contribution in [3.8, 4) is 6.07 Å². The third kappa shape index (κ3) is 2.93. The first-order valence-corrected chi connectivity index (χ1v) is 6.50. The van der Waals surface area contributed by atoms with E-state index in [1.54, 1.807) is 6.07 Å². The van der Waals surface area contributed by atoms with Gasteiger partial charge in [-0.25, -0.2) is 4.79 Å². The molecule has 0 amide bonds. The number of nitrogens with zero attached hydrogens (tertiary/aromatic N) is 2. The van der Waals surface area contributed by atoms with Gasteiger partial charge in [0.25, 0.3) is 5.56 Å². The second kappa shape index (κ2) is 5.85. The zero-order valence-corrected chi connectivity index (χ0v) is 10.6. The van der Waals surface area contributed by atoms with Gasteiger partial charge in [-0.15, -0.1) is 0 Å². The average Bonchev–Trinajstić information content (AvgIpc) is 2.42. The summed E-state index contributed by atoms with van der Waals surface area (Å²) in [4.78, 5) is 25.2. The molecule has 2 rings (SSSR count).